The first kappa shape index (κ1) is 10.9. The van der Waals surface area contributed by atoms with E-state index in [1.807, 2.05) is 25.1 Å². The van der Waals surface area contributed by atoms with Gasteiger partial charge in [0.05, 0.1) is 5.69 Å². The van der Waals surface area contributed by atoms with Crippen LogP contribution in [0, 0.1) is 10.5 Å². The molecule has 2 aromatic rings. The van der Waals surface area contributed by atoms with Crippen molar-refractivity contribution in [2.24, 2.45) is 0 Å². The summed E-state index contributed by atoms with van der Waals surface area (Å²) in [6.07, 6.45) is 1.80. The highest BCUT2D eigenvalue weighted by atomic mass is 127. The maximum atomic E-state index is 4.20. The van der Waals surface area contributed by atoms with Gasteiger partial charge in [-0.1, -0.05) is 15.9 Å². The van der Waals surface area contributed by atoms with Gasteiger partial charge in [-0.3, -0.25) is 0 Å². The highest BCUT2D eigenvalue weighted by Crippen LogP contribution is 2.24. The summed E-state index contributed by atoms with van der Waals surface area (Å²) in [7, 11) is 0. The Morgan fingerprint density at radius 2 is 2.27 bits per heavy atom. The number of anilines is 2. The Hall–Kier alpha value is -0.560. The molecule has 0 fully saturated rings. The van der Waals surface area contributed by atoms with E-state index in [9.17, 15) is 0 Å². The average Bonchev–Trinajstić information content (AvgIpc) is 2.58. The van der Waals surface area contributed by atoms with E-state index >= 15 is 0 Å². The largest absolute Gasteiger partial charge is 0.328 e. The number of imidazole rings is 1. The minimum Gasteiger partial charge on any atom is -0.328 e. The quantitative estimate of drug-likeness (QED) is 0.781. The Labute approximate surface area is 110 Å². The van der Waals surface area contributed by atoms with Crippen LogP contribution in [0.3, 0.4) is 0 Å². The third-order valence-corrected chi connectivity index (χ3v) is 3.32. The molecule has 0 saturated carbocycles. The first-order valence-electron chi connectivity index (χ1n) is 4.39. The van der Waals surface area contributed by atoms with Gasteiger partial charge in [0, 0.05) is 19.9 Å². The van der Waals surface area contributed by atoms with Gasteiger partial charge in [-0.2, -0.15) is 0 Å². The van der Waals surface area contributed by atoms with E-state index < -0.39 is 0 Å². The van der Waals surface area contributed by atoms with E-state index in [0.29, 0.717) is 0 Å². The molecule has 0 radical (unpaired) electrons. The van der Waals surface area contributed by atoms with E-state index in [0.717, 1.165) is 25.4 Å². The molecule has 0 unspecified atom stereocenters. The van der Waals surface area contributed by atoms with E-state index in [2.05, 4.69) is 53.8 Å². The molecular weight excluding hydrogens is 369 g/mol. The van der Waals surface area contributed by atoms with Crippen LogP contribution in [-0.2, 0) is 0 Å². The highest BCUT2D eigenvalue weighted by molar-refractivity contribution is 14.1. The lowest BCUT2D eigenvalue weighted by Crippen LogP contribution is -1.94. The number of halogens is 2. The molecule has 15 heavy (non-hydrogen) atoms. The second kappa shape index (κ2) is 4.52. The fourth-order valence-electron chi connectivity index (χ4n) is 1.20. The van der Waals surface area contributed by atoms with Crippen LogP contribution < -0.4 is 5.32 Å². The van der Waals surface area contributed by atoms with Crippen molar-refractivity contribution in [2.75, 3.05) is 5.32 Å². The van der Waals surface area contributed by atoms with Gasteiger partial charge in [-0.25, -0.2) is 4.98 Å². The van der Waals surface area contributed by atoms with Crippen LogP contribution in [0.2, 0.25) is 0 Å². The minimum absolute atomic E-state index is 0.767. The van der Waals surface area contributed by atoms with Crippen LogP contribution in [0.5, 0.6) is 0 Å². The van der Waals surface area contributed by atoms with Crippen LogP contribution in [-0.4, -0.2) is 9.97 Å². The van der Waals surface area contributed by atoms with Crippen molar-refractivity contribution < 1.29 is 0 Å². The van der Waals surface area contributed by atoms with Crippen molar-refractivity contribution in [3.05, 3.63) is 38.1 Å². The van der Waals surface area contributed by atoms with Crippen molar-refractivity contribution in [2.45, 2.75) is 6.92 Å². The summed E-state index contributed by atoms with van der Waals surface area (Å²) in [6, 6.07) is 6.09. The summed E-state index contributed by atoms with van der Waals surface area (Å²) in [5, 5.41) is 3.23. The zero-order valence-corrected chi connectivity index (χ0v) is 11.8. The number of hydrogen-bond acceptors (Lipinski definition) is 2. The normalized spacial score (nSPS) is 10.3. The molecule has 0 bridgehead atoms. The smallest absolute Gasteiger partial charge is 0.204 e. The Bertz CT molecular complexity index is 481. The lowest BCUT2D eigenvalue weighted by molar-refractivity contribution is 1.24. The predicted molar refractivity (Wildman–Crippen MR) is 73.5 cm³/mol. The fourth-order valence-corrected chi connectivity index (χ4v) is 2.03. The van der Waals surface area contributed by atoms with E-state index in [-0.39, 0.29) is 0 Å². The number of aryl methyl sites for hydroxylation is 1. The lowest BCUT2D eigenvalue weighted by Gasteiger charge is -2.05. The number of benzene rings is 1. The third kappa shape index (κ3) is 2.72. The number of nitrogens with zero attached hydrogens (tertiary/aromatic N) is 1. The number of rotatable bonds is 2. The van der Waals surface area contributed by atoms with Gasteiger partial charge < -0.3 is 10.3 Å². The van der Waals surface area contributed by atoms with Crippen molar-refractivity contribution >= 4 is 50.2 Å². The van der Waals surface area contributed by atoms with Gasteiger partial charge in [-0.05, 0) is 47.7 Å². The number of aromatic amines is 1. The fraction of sp³-hybridized carbons (Fsp3) is 0.100. The molecule has 78 valence electrons. The number of hydrogen-bond donors (Lipinski definition) is 2. The maximum absolute atomic E-state index is 4.20. The van der Waals surface area contributed by atoms with Crippen LogP contribution in [0.4, 0.5) is 11.6 Å². The molecule has 1 heterocycles. The summed E-state index contributed by atoms with van der Waals surface area (Å²) in [6.45, 7) is 1.98. The molecule has 0 atom stereocenters. The molecule has 0 amide bonds. The van der Waals surface area contributed by atoms with Gasteiger partial charge in [0.1, 0.15) is 0 Å². The van der Waals surface area contributed by atoms with Crippen LogP contribution in [0.1, 0.15) is 5.69 Å². The molecule has 2 rings (SSSR count). The Morgan fingerprint density at radius 3 is 2.93 bits per heavy atom. The maximum Gasteiger partial charge on any atom is 0.204 e. The molecule has 0 saturated heterocycles. The molecule has 2 N–H and O–H groups in total. The molecule has 1 aromatic carbocycles. The summed E-state index contributed by atoms with van der Waals surface area (Å²) >= 11 is 5.73. The number of nitrogens with one attached hydrogen (secondary N) is 2. The minimum atomic E-state index is 0.767. The Balaban J connectivity index is 2.27. The molecule has 0 aliphatic rings. The molecule has 0 aliphatic heterocycles. The second-order valence-corrected chi connectivity index (χ2v) is 5.24. The number of H-pyrrole nitrogens is 1. The van der Waals surface area contributed by atoms with E-state index in [1.54, 1.807) is 6.20 Å². The third-order valence-electron chi connectivity index (χ3n) is 1.88. The number of aromatic nitrogens is 2. The van der Waals surface area contributed by atoms with Gasteiger partial charge >= 0.3 is 0 Å². The van der Waals surface area contributed by atoms with Crippen molar-refractivity contribution in [1.82, 2.24) is 9.97 Å². The summed E-state index contributed by atoms with van der Waals surface area (Å²) < 4.78 is 2.21. The topological polar surface area (TPSA) is 40.7 Å². The molecule has 0 aliphatic carbocycles. The lowest BCUT2D eigenvalue weighted by atomic mass is 10.3. The Kier molecular flexibility index (Phi) is 3.30. The zero-order valence-electron chi connectivity index (χ0n) is 8.01. The van der Waals surface area contributed by atoms with Crippen molar-refractivity contribution in [1.29, 1.82) is 0 Å². The highest BCUT2D eigenvalue weighted by Gasteiger charge is 2.02. The molecule has 5 heteroatoms. The Morgan fingerprint density at radius 1 is 1.47 bits per heavy atom. The average molecular weight is 378 g/mol. The first-order valence-corrected chi connectivity index (χ1v) is 6.26. The van der Waals surface area contributed by atoms with Crippen LogP contribution in [0.25, 0.3) is 0 Å². The van der Waals surface area contributed by atoms with E-state index in [4.69, 9.17) is 0 Å². The van der Waals surface area contributed by atoms with Crippen LogP contribution >= 0.6 is 38.5 Å². The molecule has 0 spiro atoms. The van der Waals surface area contributed by atoms with Gasteiger partial charge in [0.2, 0.25) is 5.95 Å². The summed E-state index contributed by atoms with van der Waals surface area (Å²) in [5.74, 6) is 0.767. The van der Waals surface area contributed by atoms with Crippen molar-refractivity contribution in [3.63, 3.8) is 0 Å². The second-order valence-electron chi connectivity index (χ2n) is 3.16. The molecule has 1 aromatic heterocycles. The van der Waals surface area contributed by atoms with Crippen LogP contribution in [0.15, 0.2) is 28.9 Å². The SMILES string of the molecule is Cc1cnc(Nc2cc(Br)ccc2I)[nH]1. The summed E-state index contributed by atoms with van der Waals surface area (Å²) in [5.41, 5.74) is 2.09. The molecular formula is C10H9BrIN3. The monoisotopic (exact) mass is 377 g/mol. The van der Waals surface area contributed by atoms with Gasteiger partial charge in [0.15, 0.2) is 0 Å². The van der Waals surface area contributed by atoms with Gasteiger partial charge in [-0.15, -0.1) is 0 Å². The first-order chi connectivity index (χ1) is 7.15. The van der Waals surface area contributed by atoms with E-state index in [1.165, 1.54) is 0 Å². The predicted octanol–water partition coefficient (Wildman–Crippen LogP) is 3.83. The molecule has 3 nitrogen and oxygen atoms in total. The standard InChI is InChI=1S/C10H9BrIN3/c1-6-5-13-10(14-6)15-9-4-7(11)2-3-8(9)12/h2-5H,1H3,(H2,13,14,15). The zero-order chi connectivity index (χ0) is 10.8. The van der Waals surface area contributed by atoms with Gasteiger partial charge in [0.25, 0.3) is 0 Å². The summed E-state index contributed by atoms with van der Waals surface area (Å²) in [4.78, 5) is 7.33. The van der Waals surface area contributed by atoms with Crippen molar-refractivity contribution in [3.8, 4) is 0 Å².